The van der Waals surface area contributed by atoms with Gasteiger partial charge in [0.15, 0.2) is 24.7 Å². The number of benzene rings is 2. The molecule has 0 bridgehead atoms. The summed E-state index contributed by atoms with van der Waals surface area (Å²) in [6.07, 6.45) is 2.79. The number of ether oxygens (including phenoxy) is 3. The Hall–Kier alpha value is -4.31. The topological polar surface area (TPSA) is 90.6 Å². The van der Waals surface area contributed by atoms with Crippen molar-refractivity contribution >= 4 is 17.8 Å². The first-order chi connectivity index (χ1) is 16.3. The predicted molar refractivity (Wildman–Crippen MR) is 128 cm³/mol. The van der Waals surface area contributed by atoms with Gasteiger partial charge in [0.1, 0.15) is 6.07 Å². The molecule has 3 rings (SSSR count). The molecule has 1 aromatic heterocycles. The van der Waals surface area contributed by atoms with E-state index in [0.29, 0.717) is 22.6 Å². The summed E-state index contributed by atoms with van der Waals surface area (Å²) in [6.45, 7) is 5.38. The number of hydrogen-bond donors (Lipinski definition) is 0. The van der Waals surface area contributed by atoms with Crippen molar-refractivity contribution in [3.8, 4) is 23.3 Å². The van der Waals surface area contributed by atoms with Crippen LogP contribution in [0.3, 0.4) is 0 Å². The number of methoxy groups -OCH3 is 1. The summed E-state index contributed by atoms with van der Waals surface area (Å²) >= 11 is 0. The molecule has 3 aromatic rings. The molecule has 1 heterocycles. The number of aryl methyl sites for hydroxylation is 2. The number of nitrogens with zero attached hydrogens (tertiary/aromatic N) is 2. The van der Waals surface area contributed by atoms with Gasteiger partial charge in [0, 0.05) is 28.7 Å². The first-order valence-electron chi connectivity index (χ1n) is 10.7. The Bertz CT molecular complexity index is 1260. The predicted octanol–water partition coefficient (Wildman–Crippen LogP) is 4.75. The van der Waals surface area contributed by atoms with Crippen molar-refractivity contribution in [2.45, 2.75) is 20.8 Å². The molecule has 0 amide bonds. The normalized spacial score (nSPS) is 10.7. The van der Waals surface area contributed by atoms with Gasteiger partial charge in [-0.05, 0) is 62.7 Å². The number of hydrogen-bond acceptors (Lipinski definition) is 6. The van der Waals surface area contributed by atoms with E-state index in [0.717, 1.165) is 22.6 Å². The van der Waals surface area contributed by atoms with Crippen LogP contribution in [0.25, 0.3) is 11.8 Å². The molecule has 174 valence electrons. The van der Waals surface area contributed by atoms with Crippen molar-refractivity contribution < 1.29 is 23.8 Å². The summed E-state index contributed by atoms with van der Waals surface area (Å²) < 4.78 is 17.7. The average Bonchev–Trinajstić information content (AvgIpc) is 3.14. The fourth-order valence-corrected chi connectivity index (χ4v) is 3.58. The quantitative estimate of drug-likeness (QED) is 0.261. The van der Waals surface area contributed by atoms with E-state index >= 15 is 0 Å². The molecule has 7 heteroatoms. The molecule has 2 aromatic carbocycles. The summed E-state index contributed by atoms with van der Waals surface area (Å²) in [6, 6.07) is 16.8. The average molecular weight is 459 g/mol. The van der Waals surface area contributed by atoms with Gasteiger partial charge in [0.2, 0.25) is 5.78 Å². The molecule has 0 saturated heterocycles. The lowest BCUT2D eigenvalue weighted by Gasteiger charge is -2.10. The largest absolute Gasteiger partial charge is 0.493 e. The molecule has 7 nitrogen and oxygen atoms in total. The monoisotopic (exact) mass is 458 g/mol. The highest BCUT2D eigenvalue weighted by Gasteiger charge is 2.18. The highest BCUT2D eigenvalue weighted by atomic mass is 16.5. The molecule has 0 aliphatic rings. The van der Waals surface area contributed by atoms with Crippen LogP contribution in [0.5, 0.6) is 11.5 Å². The van der Waals surface area contributed by atoms with Gasteiger partial charge in [-0.1, -0.05) is 23.8 Å². The molecule has 0 N–H and O–H groups in total. The molecule has 0 fully saturated rings. The first-order valence-corrected chi connectivity index (χ1v) is 10.7. The third-order valence-corrected chi connectivity index (χ3v) is 5.26. The van der Waals surface area contributed by atoms with Crippen molar-refractivity contribution in [3.63, 3.8) is 0 Å². The number of carbonyl (C=O) groups is 2. The summed E-state index contributed by atoms with van der Waals surface area (Å²) in [5.41, 5.74) is 5.04. The summed E-state index contributed by atoms with van der Waals surface area (Å²) in [5, 5.41) is 8.64. The Morgan fingerprint density at radius 1 is 1.03 bits per heavy atom. The minimum Gasteiger partial charge on any atom is -0.493 e. The number of carbonyl (C=O) groups excluding carboxylic acids is 2. The molecule has 0 radical (unpaired) electrons. The number of Topliss-reactive ketones (excluding diaryl/α,β-unsaturated/α-hetero) is 1. The Kier molecular flexibility index (Phi) is 7.88. The van der Waals surface area contributed by atoms with E-state index < -0.39 is 5.97 Å². The maximum Gasteiger partial charge on any atom is 0.331 e. The van der Waals surface area contributed by atoms with E-state index in [2.05, 4.69) is 0 Å². The van der Waals surface area contributed by atoms with Crippen molar-refractivity contribution in [3.05, 3.63) is 82.7 Å². The van der Waals surface area contributed by atoms with Crippen LogP contribution in [0, 0.1) is 32.1 Å². The van der Waals surface area contributed by atoms with Gasteiger partial charge in [-0.2, -0.15) is 5.26 Å². The van der Waals surface area contributed by atoms with Crippen LogP contribution in [-0.4, -0.2) is 36.6 Å². The molecular formula is C27H26N2O5. The molecule has 0 saturated carbocycles. The number of aromatic nitrogens is 1. The van der Waals surface area contributed by atoms with E-state index in [9.17, 15) is 9.59 Å². The van der Waals surface area contributed by atoms with Gasteiger partial charge < -0.3 is 18.8 Å². The van der Waals surface area contributed by atoms with Gasteiger partial charge >= 0.3 is 5.97 Å². The van der Waals surface area contributed by atoms with Crippen LogP contribution in [-0.2, 0) is 9.53 Å². The van der Waals surface area contributed by atoms with E-state index in [1.807, 2.05) is 61.7 Å². The van der Waals surface area contributed by atoms with Crippen molar-refractivity contribution in [2.75, 3.05) is 20.3 Å². The standard InChI is InChI=1S/C27H26N2O5/c1-18-5-9-22(10-6-18)29-19(2)15-23(20(29)3)24(30)17-34-27(31)12-8-21-7-11-25(33-14-13-28)26(16-21)32-4/h5-12,15-16H,14,17H2,1-4H3/b12-8+. The second kappa shape index (κ2) is 11.0. The zero-order valence-corrected chi connectivity index (χ0v) is 19.6. The van der Waals surface area contributed by atoms with Crippen molar-refractivity contribution in [2.24, 2.45) is 0 Å². The molecule has 0 unspecified atom stereocenters. The third-order valence-electron chi connectivity index (χ3n) is 5.26. The summed E-state index contributed by atoms with van der Waals surface area (Å²) in [4.78, 5) is 24.9. The van der Waals surface area contributed by atoms with Crippen molar-refractivity contribution in [1.82, 2.24) is 4.57 Å². The lowest BCUT2D eigenvalue weighted by molar-refractivity contribution is -0.136. The molecule has 0 aliphatic carbocycles. The summed E-state index contributed by atoms with van der Waals surface area (Å²) in [5.74, 6) is -0.0409. The van der Waals surface area contributed by atoms with Crippen LogP contribution in [0.15, 0.2) is 54.6 Å². The second-order valence-corrected chi connectivity index (χ2v) is 7.68. The molecule has 0 aliphatic heterocycles. The first kappa shape index (κ1) is 24.3. The molecule has 34 heavy (non-hydrogen) atoms. The van der Waals surface area contributed by atoms with Gasteiger partial charge in [-0.25, -0.2) is 4.79 Å². The zero-order chi connectivity index (χ0) is 24.7. The van der Waals surface area contributed by atoms with Gasteiger partial charge in [0.25, 0.3) is 0 Å². The maximum atomic E-state index is 12.7. The third kappa shape index (κ3) is 5.73. The second-order valence-electron chi connectivity index (χ2n) is 7.68. The Morgan fingerprint density at radius 2 is 1.76 bits per heavy atom. The molecular weight excluding hydrogens is 432 g/mol. The number of ketones is 1. The fraction of sp³-hybridized carbons (Fsp3) is 0.222. The smallest absolute Gasteiger partial charge is 0.331 e. The number of nitriles is 1. The zero-order valence-electron chi connectivity index (χ0n) is 19.6. The van der Waals surface area contributed by atoms with Gasteiger partial charge in [0.05, 0.1) is 7.11 Å². The van der Waals surface area contributed by atoms with Crippen LogP contribution in [0.1, 0.15) is 32.9 Å². The molecule has 0 atom stereocenters. The van der Waals surface area contributed by atoms with Crippen LogP contribution < -0.4 is 9.47 Å². The SMILES string of the molecule is COc1cc(/C=C/C(=O)OCC(=O)c2cc(C)n(-c3ccc(C)cc3)c2C)ccc1OCC#N. The fourth-order valence-electron chi connectivity index (χ4n) is 3.58. The highest BCUT2D eigenvalue weighted by molar-refractivity contribution is 6.00. The number of rotatable bonds is 9. The van der Waals surface area contributed by atoms with Crippen LogP contribution >= 0.6 is 0 Å². The van der Waals surface area contributed by atoms with Crippen LogP contribution in [0.2, 0.25) is 0 Å². The minimum absolute atomic E-state index is 0.0979. The number of esters is 1. The lowest BCUT2D eigenvalue weighted by atomic mass is 10.1. The van der Waals surface area contributed by atoms with Crippen molar-refractivity contribution in [1.29, 1.82) is 5.26 Å². The van der Waals surface area contributed by atoms with E-state index in [-0.39, 0.29) is 19.0 Å². The van der Waals surface area contributed by atoms with E-state index in [4.69, 9.17) is 19.5 Å². The Balaban J connectivity index is 1.64. The van der Waals surface area contributed by atoms with Crippen LogP contribution in [0.4, 0.5) is 0 Å². The highest BCUT2D eigenvalue weighted by Crippen LogP contribution is 2.28. The maximum absolute atomic E-state index is 12.7. The molecule has 0 spiro atoms. The van der Waals surface area contributed by atoms with E-state index in [1.165, 1.54) is 13.2 Å². The van der Waals surface area contributed by atoms with Gasteiger partial charge in [-0.3, -0.25) is 4.79 Å². The lowest BCUT2D eigenvalue weighted by Crippen LogP contribution is -2.13. The van der Waals surface area contributed by atoms with Gasteiger partial charge in [-0.15, -0.1) is 0 Å². The summed E-state index contributed by atoms with van der Waals surface area (Å²) in [7, 11) is 1.48. The Labute approximate surface area is 198 Å². The Morgan fingerprint density at radius 3 is 2.44 bits per heavy atom. The minimum atomic E-state index is -0.635. The van der Waals surface area contributed by atoms with E-state index in [1.54, 1.807) is 24.3 Å².